The highest BCUT2D eigenvalue weighted by Gasteiger charge is 2.27. The predicted molar refractivity (Wildman–Crippen MR) is 61.1 cm³/mol. The van der Waals surface area contributed by atoms with Gasteiger partial charge in [-0.3, -0.25) is 19.3 Å². The lowest BCUT2D eigenvalue weighted by atomic mass is 9.82. The monoisotopic (exact) mass is 239 g/mol. The van der Waals surface area contributed by atoms with Crippen molar-refractivity contribution in [1.82, 2.24) is 4.90 Å². The molecule has 0 heterocycles. The Morgan fingerprint density at radius 1 is 1.29 bits per heavy atom. The minimum atomic E-state index is -0.752. The SMILES string of the molecule is C=CC(=O)N(C=O)CC1CCC(C(=O)O)CC1. The molecule has 0 aliphatic heterocycles. The van der Waals surface area contributed by atoms with Crippen LogP contribution in [0.3, 0.4) is 0 Å². The fourth-order valence-corrected chi connectivity index (χ4v) is 2.17. The van der Waals surface area contributed by atoms with Gasteiger partial charge in [-0.2, -0.15) is 0 Å². The number of aliphatic carboxylic acids is 1. The summed E-state index contributed by atoms with van der Waals surface area (Å²) >= 11 is 0. The molecular weight excluding hydrogens is 222 g/mol. The zero-order valence-electron chi connectivity index (χ0n) is 9.67. The molecule has 5 nitrogen and oxygen atoms in total. The molecule has 1 N–H and O–H groups in total. The second-order valence-electron chi connectivity index (χ2n) is 4.36. The van der Waals surface area contributed by atoms with Gasteiger partial charge in [-0.15, -0.1) is 0 Å². The van der Waals surface area contributed by atoms with Gasteiger partial charge in [-0.25, -0.2) is 0 Å². The lowest BCUT2D eigenvalue weighted by Gasteiger charge is -2.28. The van der Waals surface area contributed by atoms with E-state index in [0.29, 0.717) is 25.8 Å². The van der Waals surface area contributed by atoms with E-state index in [2.05, 4.69) is 6.58 Å². The average Bonchev–Trinajstić information content (AvgIpc) is 2.35. The summed E-state index contributed by atoms with van der Waals surface area (Å²) < 4.78 is 0. The molecule has 0 aromatic heterocycles. The number of carboxylic acid groups (broad SMARTS) is 1. The zero-order chi connectivity index (χ0) is 12.8. The molecule has 0 spiro atoms. The molecule has 0 aromatic rings. The Morgan fingerprint density at radius 2 is 1.88 bits per heavy atom. The molecule has 17 heavy (non-hydrogen) atoms. The smallest absolute Gasteiger partial charge is 0.306 e. The van der Waals surface area contributed by atoms with Crippen molar-refractivity contribution in [3.63, 3.8) is 0 Å². The molecule has 1 aliphatic carbocycles. The van der Waals surface area contributed by atoms with Crippen molar-refractivity contribution in [3.05, 3.63) is 12.7 Å². The molecule has 0 aromatic carbocycles. The molecule has 1 saturated carbocycles. The number of carbonyl (C=O) groups excluding carboxylic acids is 2. The second-order valence-corrected chi connectivity index (χ2v) is 4.36. The fourth-order valence-electron chi connectivity index (χ4n) is 2.17. The topological polar surface area (TPSA) is 74.7 Å². The fraction of sp³-hybridized carbons (Fsp3) is 0.583. The maximum Gasteiger partial charge on any atom is 0.306 e. The molecule has 94 valence electrons. The molecule has 1 fully saturated rings. The zero-order valence-corrected chi connectivity index (χ0v) is 9.67. The van der Waals surface area contributed by atoms with Gasteiger partial charge in [-0.05, 0) is 37.7 Å². The molecule has 0 unspecified atom stereocenters. The van der Waals surface area contributed by atoms with Crippen LogP contribution < -0.4 is 0 Å². The Balaban J connectivity index is 2.44. The maximum atomic E-state index is 11.3. The first-order chi connectivity index (χ1) is 8.08. The van der Waals surface area contributed by atoms with E-state index in [1.165, 1.54) is 0 Å². The second kappa shape index (κ2) is 6.18. The summed E-state index contributed by atoms with van der Waals surface area (Å²) in [4.78, 5) is 33.8. The first-order valence-corrected chi connectivity index (χ1v) is 5.69. The number of hydrogen-bond donors (Lipinski definition) is 1. The first-order valence-electron chi connectivity index (χ1n) is 5.69. The van der Waals surface area contributed by atoms with Crippen LogP contribution in [0.2, 0.25) is 0 Å². The Bertz CT molecular complexity index is 318. The maximum absolute atomic E-state index is 11.3. The first kappa shape index (κ1) is 13.4. The van der Waals surface area contributed by atoms with Gasteiger partial charge in [0.2, 0.25) is 6.41 Å². The predicted octanol–water partition coefficient (Wildman–Crippen LogP) is 1.05. The number of amides is 2. The van der Waals surface area contributed by atoms with Crippen LogP contribution >= 0.6 is 0 Å². The van der Waals surface area contributed by atoms with Gasteiger partial charge >= 0.3 is 5.97 Å². The van der Waals surface area contributed by atoms with E-state index in [-0.39, 0.29) is 11.8 Å². The van der Waals surface area contributed by atoms with Crippen LogP contribution in [0.15, 0.2) is 12.7 Å². The highest BCUT2D eigenvalue weighted by atomic mass is 16.4. The van der Waals surface area contributed by atoms with Crippen LogP contribution in [-0.2, 0) is 14.4 Å². The third kappa shape index (κ3) is 3.69. The summed E-state index contributed by atoms with van der Waals surface area (Å²) in [7, 11) is 0. The van der Waals surface area contributed by atoms with Crippen molar-refractivity contribution in [2.45, 2.75) is 25.7 Å². The lowest BCUT2D eigenvalue weighted by molar-refractivity contribution is -0.144. The summed E-state index contributed by atoms with van der Waals surface area (Å²) in [5.41, 5.74) is 0. The highest BCUT2D eigenvalue weighted by Crippen LogP contribution is 2.29. The largest absolute Gasteiger partial charge is 0.481 e. The third-order valence-electron chi connectivity index (χ3n) is 3.24. The van der Waals surface area contributed by atoms with Crippen LogP contribution in [0.1, 0.15) is 25.7 Å². The number of carboxylic acids is 1. The Morgan fingerprint density at radius 3 is 2.29 bits per heavy atom. The number of imide groups is 1. The summed E-state index contributed by atoms with van der Waals surface area (Å²) in [5.74, 6) is -1.22. The third-order valence-corrected chi connectivity index (χ3v) is 3.24. The Labute approximate surface area is 100 Å². The quantitative estimate of drug-likeness (QED) is 0.574. The van der Waals surface area contributed by atoms with Gasteiger partial charge in [-0.1, -0.05) is 6.58 Å². The normalized spacial score (nSPS) is 23.8. The molecule has 0 atom stereocenters. The van der Waals surface area contributed by atoms with Crippen LogP contribution in [0.25, 0.3) is 0 Å². The van der Waals surface area contributed by atoms with Crippen LogP contribution in [0.5, 0.6) is 0 Å². The molecule has 0 saturated heterocycles. The van der Waals surface area contributed by atoms with E-state index >= 15 is 0 Å². The van der Waals surface area contributed by atoms with Crippen LogP contribution in [0.4, 0.5) is 0 Å². The molecule has 2 amide bonds. The average molecular weight is 239 g/mol. The van der Waals surface area contributed by atoms with Crippen LogP contribution in [-0.4, -0.2) is 34.8 Å². The van der Waals surface area contributed by atoms with Crippen molar-refractivity contribution in [1.29, 1.82) is 0 Å². The van der Waals surface area contributed by atoms with Gasteiger partial charge in [0, 0.05) is 6.54 Å². The standard InChI is InChI=1S/C12H17NO4/c1-2-11(15)13(8-14)7-9-3-5-10(6-4-9)12(16)17/h2,8-10H,1,3-7H2,(H,16,17). The molecule has 0 radical (unpaired) electrons. The lowest BCUT2D eigenvalue weighted by Crippen LogP contribution is -2.35. The number of hydrogen-bond acceptors (Lipinski definition) is 3. The van der Waals surface area contributed by atoms with Gasteiger partial charge < -0.3 is 5.11 Å². The number of rotatable bonds is 5. The van der Waals surface area contributed by atoms with Crippen molar-refractivity contribution >= 4 is 18.3 Å². The van der Waals surface area contributed by atoms with E-state index in [1.54, 1.807) is 0 Å². The highest BCUT2D eigenvalue weighted by molar-refractivity contribution is 5.94. The van der Waals surface area contributed by atoms with E-state index < -0.39 is 11.9 Å². The van der Waals surface area contributed by atoms with Crippen molar-refractivity contribution < 1.29 is 19.5 Å². The van der Waals surface area contributed by atoms with Gasteiger partial charge in [0.15, 0.2) is 0 Å². The van der Waals surface area contributed by atoms with Gasteiger partial charge in [0.25, 0.3) is 5.91 Å². The van der Waals surface area contributed by atoms with E-state index in [9.17, 15) is 14.4 Å². The Kier molecular flexibility index (Phi) is 4.87. The van der Waals surface area contributed by atoms with Gasteiger partial charge in [0.05, 0.1) is 5.92 Å². The number of nitrogens with zero attached hydrogens (tertiary/aromatic N) is 1. The van der Waals surface area contributed by atoms with Gasteiger partial charge in [0.1, 0.15) is 0 Å². The molecule has 1 rings (SSSR count). The summed E-state index contributed by atoms with van der Waals surface area (Å²) in [5, 5.41) is 8.84. The van der Waals surface area contributed by atoms with E-state index in [1.807, 2.05) is 0 Å². The van der Waals surface area contributed by atoms with Crippen molar-refractivity contribution in [2.24, 2.45) is 11.8 Å². The molecular formula is C12H17NO4. The number of carbonyl (C=O) groups is 3. The molecule has 5 heteroatoms. The minimum absolute atomic E-state index is 0.208. The summed E-state index contributed by atoms with van der Waals surface area (Å²) in [6, 6.07) is 0. The molecule has 0 bridgehead atoms. The van der Waals surface area contributed by atoms with E-state index in [0.717, 1.165) is 23.8 Å². The minimum Gasteiger partial charge on any atom is -0.481 e. The van der Waals surface area contributed by atoms with Crippen molar-refractivity contribution in [3.8, 4) is 0 Å². The summed E-state index contributed by atoms with van der Waals surface area (Å²) in [6.07, 6.45) is 4.34. The molecule has 1 aliphatic rings. The van der Waals surface area contributed by atoms with E-state index in [4.69, 9.17) is 5.11 Å². The van der Waals surface area contributed by atoms with Crippen LogP contribution in [0, 0.1) is 11.8 Å². The Hall–Kier alpha value is -1.65. The summed E-state index contributed by atoms with van der Waals surface area (Å²) in [6.45, 7) is 3.69. The van der Waals surface area contributed by atoms with Crippen molar-refractivity contribution in [2.75, 3.05) is 6.54 Å².